The van der Waals surface area contributed by atoms with Gasteiger partial charge in [-0.25, -0.2) is 8.42 Å². The Balaban J connectivity index is 1.50. The molecule has 1 saturated heterocycles. The quantitative estimate of drug-likeness (QED) is 0.610. The molecule has 0 N–H and O–H groups in total. The van der Waals surface area contributed by atoms with Crippen molar-refractivity contribution in [3.05, 3.63) is 66.2 Å². The standard InChI is InChI=1S/C23H24N2O5S/c1-29-20-9-10-21(30-2)22(16-20)31(27,28)25-13-11-24(12-14-25)23(26)19-8-7-17-5-3-4-6-18(17)15-19/h3-10,15-16H,11-14H2,1-2H3. The number of piperazine rings is 1. The number of amides is 1. The van der Waals surface area contributed by atoms with Gasteiger partial charge < -0.3 is 14.4 Å². The van der Waals surface area contributed by atoms with Crippen LogP contribution in [0.4, 0.5) is 0 Å². The van der Waals surface area contributed by atoms with Gasteiger partial charge in [0.25, 0.3) is 5.91 Å². The number of fused-ring (bicyclic) bond motifs is 1. The summed E-state index contributed by atoms with van der Waals surface area (Å²) in [6, 6.07) is 18.2. The summed E-state index contributed by atoms with van der Waals surface area (Å²) in [5.41, 5.74) is 0.601. The first-order chi connectivity index (χ1) is 14.9. The van der Waals surface area contributed by atoms with Crippen molar-refractivity contribution in [1.82, 2.24) is 9.21 Å². The van der Waals surface area contributed by atoms with Gasteiger partial charge in [0.1, 0.15) is 16.4 Å². The number of carbonyl (C=O) groups excluding carboxylic acids is 1. The minimum absolute atomic E-state index is 0.0589. The van der Waals surface area contributed by atoms with Crippen molar-refractivity contribution in [3.8, 4) is 11.5 Å². The zero-order valence-corrected chi connectivity index (χ0v) is 18.3. The van der Waals surface area contributed by atoms with Gasteiger partial charge in [0.05, 0.1) is 14.2 Å². The van der Waals surface area contributed by atoms with Crippen LogP contribution in [0.2, 0.25) is 0 Å². The maximum atomic E-state index is 13.2. The number of rotatable bonds is 5. The van der Waals surface area contributed by atoms with Crippen molar-refractivity contribution >= 4 is 26.7 Å². The van der Waals surface area contributed by atoms with Gasteiger partial charge in [0.15, 0.2) is 0 Å². The molecule has 3 aromatic carbocycles. The molecule has 162 valence electrons. The van der Waals surface area contributed by atoms with Crippen molar-refractivity contribution in [2.75, 3.05) is 40.4 Å². The molecule has 1 heterocycles. The van der Waals surface area contributed by atoms with E-state index in [0.717, 1.165) is 10.8 Å². The van der Waals surface area contributed by atoms with Gasteiger partial charge in [-0.2, -0.15) is 4.31 Å². The lowest BCUT2D eigenvalue weighted by Crippen LogP contribution is -2.50. The molecule has 8 heteroatoms. The number of nitrogens with zero attached hydrogens (tertiary/aromatic N) is 2. The zero-order valence-electron chi connectivity index (χ0n) is 17.4. The minimum Gasteiger partial charge on any atom is -0.497 e. The van der Waals surface area contributed by atoms with E-state index >= 15 is 0 Å². The summed E-state index contributed by atoms with van der Waals surface area (Å²) in [7, 11) is -0.877. The van der Waals surface area contributed by atoms with E-state index in [9.17, 15) is 13.2 Å². The summed E-state index contributed by atoms with van der Waals surface area (Å²) in [6.07, 6.45) is 0. The fraction of sp³-hybridized carbons (Fsp3) is 0.261. The van der Waals surface area contributed by atoms with Crippen molar-refractivity contribution in [1.29, 1.82) is 0 Å². The third-order valence-electron chi connectivity index (χ3n) is 5.51. The predicted octanol–water partition coefficient (Wildman–Crippen LogP) is 3.00. The highest BCUT2D eigenvalue weighted by molar-refractivity contribution is 7.89. The summed E-state index contributed by atoms with van der Waals surface area (Å²) in [5.74, 6) is 0.599. The number of ether oxygens (including phenoxy) is 2. The number of carbonyl (C=O) groups is 1. The molecule has 1 fully saturated rings. The first-order valence-corrected chi connectivity index (χ1v) is 11.4. The monoisotopic (exact) mass is 440 g/mol. The van der Waals surface area contributed by atoms with Gasteiger partial charge in [-0.3, -0.25) is 4.79 Å². The molecule has 1 amide bonds. The number of hydrogen-bond acceptors (Lipinski definition) is 5. The van der Waals surface area contributed by atoms with E-state index in [1.807, 2.05) is 42.5 Å². The van der Waals surface area contributed by atoms with Crippen molar-refractivity contribution < 1.29 is 22.7 Å². The van der Waals surface area contributed by atoms with Crippen LogP contribution in [0.15, 0.2) is 65.6 Å². The van der Waals surface area contributed by atoms with Crippen LogP contribution in [0.3, 0.4) is 0 Å². The maximum Gasteiger partial charge on any atom is 0.253 e. The van der Waals surface area contributed by atoms with E-state index in [-0.39, 0.29) is 29.6 Å². The average Bonchev–Trinajstić information content (AvgIpc) is 2.82. The summed E-state index contributed by atoms with van der Waals surface area (Å²) >= 11 is 0. The molecule has 0 atom stereocenters. The lowest BCUT2D eigenvalue weighted by atomic mass is 10.1. The molecule has 1 aliphatic rings. The molecular formula is C23H24N2O5S. The average molecular weight is 441 g/mol. The third kappa shape index (κ3) is 4.08. The van der Waals surface area contributed by atoms with Crippen LogP contribution in [0.25, 0.3) is 10.8 Å². The van der Waals surface area contributed by atoms with Crippen LogP contribution in [-0.2, 0) is 10.0 Å². The van der Waals surface area contributed by atoms with Gasteiger partial charge >= 0.3 is 0 Å². The van der Waals surface area contributed by atoms with Gasteiger partial charge in [0.2, 0.25) is 10.0 Å². The molecule has 0 radical (unpaired) electrons. The van der Waals surface area contributed by atoms with E-state index in [4.69, 9.17) is 9.47 Å². The van der Waals surface area contributed by atoms with Gasteiger partial charge in [-0.15, -0.1) is 0 Å². The van der Waals surface area contributed by atoms with Crippen LogP contribution >= 0.6 is 0 Å². The Hall–Kier alpha value is -3.10. The Morgan fingerprint density at radius 2 is 1.55 bits per heavy atom. The lowest BCUT2D eigenvalue weighted by molar-refractivity contribution is 0.0698. The Labute approximate surface area is 181 Å². The van der Waals surface area contributed by atoms with Crippen LogP contribution in [0.5, 0.6) is 11.5 Å². The fourth-order valence-corrected chi connectivity index (χ4v) is 5.35. The first-order valence-electron chi connectivity index (χ1n) is 9.94. The van der Waals surface area contributed by atoms with Gasteiger partial charge in [0, 0.05) is 37.8 Å². The summed E-state index contributed by atoms with van der Waals surface area (Å²) < 4.78 is 38.2. The Morgan fingerprint density at radius 3 is 2.23 bits per heavy atom. The SMILES string of the molecule is COc1ccc(OC)c(S(=O)(=O)N2CCN(C(=O)c3ccc4ccccc4c3)CC2)c1. The van der Waals surface area contributed by atoms with Crippen LogP contribution in [0, 0.1) is 0 Å². The Bertz CT molecular complexity index is 1220. The maximum absolute atomic E-state index is 13.2. The van der Waals surface area contributed by atoms with Crippen LogP contribution in [-0.4, -0.2) is 63.9 Å². The highest BCUT2D eigenvalue weighted by Gasteiger charge is 2.32. The molecule has 3 aromatic rings. The second-order valence-electron chi connectivity index (χ2n) is 7.28. The molecule has 0 aliphatic carbocycles. The number of sulfonamides is 1. The van der Waals surface area contributed by atoms with Crippen molar-refractivity contribution in [3.63, 3.8) is 0 Å². The highest BCUT2D eigenvalue weighted by Crippen LogP contribution is 2.31. The summed E-state index contributed by atoms with van der Waals surface area (Å²) in [6.45, 7) is 1.05. The minimum atomic E-state index is -3.79. The smallest absolute Gasteiger partial charge is 0.253 e. The molecule has 0 unspecified atom stereocenters. The second-order valence-corrected chi connectivity index (χ2v) is 9.18. The molecule has 0 aromatic heterocycles. The van der Waals surface area contributed by atoms with E-state index in [1.165, 1.54) is 24.6 Å². The third-order valence-corrected chi connectivity index (χ3v) is 7.43. The molecule has 7 nitrogen and oxygen atoms in total. The molecule has 1 aliphatic heterocycles. The molecular weight excluding hydrogens is 416 g/mol. The van der Waals surface area contributed by atoms with Gasteiger partial charge in [-0.05, 0) is 35.0 Å². The predicted molar refractivity (Wildman–Crippen MR) is 118 cm³/mol. The topological polar surface area (TPSA) is 76.2 Å². The van der Waals surface area contributed by atoms with E-state index < -0.39 is 10.0 Å². The van der Waals surface area contributed by atoms with E-state index in [0.29, 0.717) is 24.4 Å². The van der Waals surface area contributed by atoms with Crippen LogP contribution in [0.1, 0.15) is 10.4 Å². The Morgan fingerprint density at radius 1 is 0.839 bits per heavy atom. The fourth-order valence-electron chi connectivity index (χ4n) is 3.76. The normalized spacial score (nSPS) is 15.1. The van der Waals surface area contributed by atoms with Crippen LogP contribution < -0.4 is 9.47 Å². The molecule has 0 bridgehead atoms. The number of methoxy groups -OCH3 is 2. The lowest BCUT2D eigenvalue weighted by Gasteiger charge is -2.34. The largest absolute Gasteiger partial charge is 0.497 e. The first kappa shape index (κ1) is 21.1. The highest BCUT2D eigenvalue weighted by atomic mass is 32.2. The number of benzene rings is 3. The summed E-state index contributed by atoms with van der Waals surface area (Å²) in [4.78, 5) is 14.7. The zero-order chi connectivity index (χ0) is 22.0. The van der Waals surface area contributed by atoms with Crippen molar-refractivity contribution in [2.24, 2.45) is 0 Å². The Kier molecular flexibility index (Phi) is 5.84. The second kappa shape index (κ2) is 8.56. The molecule has 4 rings (SSSR count). The summed E-state index contributed by atoms with van der Waals surface area (Å²) in [5, 5.41) is 2.07. The van der Waals surface area contributed by atoms with E-state index in [1.54, 1.807) is 17.0 Å². The van der Waals surface area contributed by atoms with E-state index in [2.05, 4.69) is 0 Å². The molecule has 0 spiro atoms. The molecule has 0 saturated carbocycles. The van der Waals surface area contributed by atoms with Crippen molar-refractivity contribution in [2.45, 2.75) is 4.90 Å². The number of hydrogen-bond donors (Lipinski definition) is 0. The van der Waals surface area contributed by atoms with Gasteiger partial charge in [-0.1, -0.05) is 30.3 Å². The molecule has 31 heavy (non-hydrogen) atoms.